The Bertz CT molecular complexity index is 1370. The third kappa shape index (κ3) is 4.93. The summed E-state index contributed by atoms with van der Waals surface area (Å²) in [7, 11) is 1.71. The normalized spacial score (nSPS) is 18.4. The van der Waals surface area contributed by atoms with Crippen LogP contribution in [0, 0.1) is 6.92 Å². The molecule has 2 fully saturated rings. The Balaban J connectivity index is 1.32. The number of aryl methyl sites for hydroxylation is 1. The van der Waals surface area contributed by atoms with E-state index >= 15 is 0 Å². The predicted octanol–water partition coefficient (Wildman–Crippen LogP) is 5.02. The van der Waals surface area contributed by atoms with Gasteiger partial charge in [0.25, 0.3) is 5.91 Å². The molecule has 0 spiro atoms. The zero-order valence-corrected chi connectivity index (χ0v) is 20.7. The fourth-order valence-electron chi connectivity index (χ4n) is 4.10. The van der Waals surface area contributed by atoms with E-state index in [0.29, 0.717) is 21.6 Å². The van der Waals surface area contributed by atoms with Crippen molar-refractivity contribution in [3.63, 3.8) is 0 Å². The van der Waals surface area contributed by atoms with Crippen LogP contribution in [0.25, 0.3) is 17.4 Å². The van der Waals surface area contributed by atoms with Gasteiger partial charge in [0.1, 0.15) is 11.5 Å². The molecule has 8 nitrogen and oxygen atoms in total. The van der Waals surface area contributed by atoms with Gasteiger partial charge in [-0.25, -0.2) is 9.79 Å². The van der Waals surface area contributed by atoms with Gasteiger partial charge in [-0.15, -0.1) is 0 Å². The molecule has 2 aromatic carbocycles. The number of hydrogen-bond acceptors (Lipinski definition) is 7. The van der Waals surface area contributed by atoms with Crippen molar-refractivity contribution in [2.75, 3.05) is 38.3 Å². The van der Waals surface area contributed by atoms with Crippen LogP contribution in [0.2, 0.25) is 0 Å². The highest BCUT2D eigenvalue weighted by molar-refractivity contribution is 8.18. The van der Waals surface area contributed by atoms with Gasteiger partial charge in [-0.1, -0.05) is 6.07 Å². The Labute approximate surface area is 212 Å². The second kappa shape index (κ2) is 10.0. The Kier molecular flexibility index (Phi) is 6.67. The van der Waals surface area contributed by atoms with Crippen LogP contribution in [0.4, 0.5) is 11.4 Å². The number of furan rings is 1. The fourth-order valence-corrected chi connectivity index (χ4v) is 5.07. The standard InChI is InChI=1S/C27H25N3O5S/c1-17-15-18(26(32)33)3-9-22(17)23-10-8-21(35-23)16-24-25(31)29(2)27(36-24)28-19-4-6-20(7-5-19)30-11-13-34-14-12-30/h3-10,15-16H,11-14H2,1-2H3,(H,32,33)/b24-16-,28-27?. The molecule has 1 N–H and O–H groups in total. The van der Waals surface area contributed by atoms with Crippen LogP contribution in [-0.2, 0) is 9.53 Å². The topological polar surface area (TPSA) is 95.6 Å². The van der Waals surface area contributed by atoms with E-state index in [-0.39, 0.29) is 11.5 Å². The zero-order valence-electron chi connectivity index (χ0n) is 19.9. The molecule has 2 saturated heterocycles. The summed E-state index contributed by atoms with van der Waals surface area (Å²) in [5, 5.41) is 9.77. The van der Waals surface area contributed by atoms with Gasteiger partial charge in [0.05, 0.1) is 29.4 Å². The van der Waals surface area contributed by atoms with Crippen molar-refractivity contribution >= 4 is 46.3 Å². The smallest absolute Gasteiger partial charge is 0.335 e. The molecule has 3 heterocycles. The minimum Gasteiger partial charge on any atom is -0.478 e. The van der Waals surface area contributed by atoms with Gasteiger partial charge >= 0.3 is 5.97 Å². The van der Waals surface area contributed by atoms with Gasteiger partial charge in [-0.05, 0) is 72.8 Å². The molecule has 0 saturated carbocycles. The number of aliphatic imine (C=N–C) groups is 1. The summed E-state index contributed by atoms with van der Waals surface area (Å²) in [5.74, 6) is 0.0194. The third-order valence-electron chi connectivity index (χ3n) is 6.09. The molecule has 0 aliphatic carbocycles. The number of carboxylic acids is 1. The lowest BCUT2D eigenvalue weighted by Crippen LogP contribution is -2.36. The van der Waals surface area contributed by atoms with Crippen LogP contribution in [0.1, 0.15) is 21.7 Å². The molecule has 1 aromatic heterocycles. The molecule has 0 unspecified atom stereocenters. The molecule has 36 heavy (non-hydrogen) atoms. The van der Waals surface area contributed by atoms with Crippen LogP contribution in [0.3, 0.4) is 0 Å². The van der Waals surface area contributed by atoms with Gasteiger partial charge in [0, 0.05) is 37.5 Å². The molecule has 2 aliphatic rings. The molecular weight excluding hydrogens is 478 g/mol. The van der Waals surface area contributed by atoms with Gasteiger partial charge in [0.2, 0.25) is 0 Å². The second-order valence-corrected chi connectivity index (χ2v) is 9.53. The molecule has 0 atom stereocenters. The average molecular weight is 504 g/mol. The lowest BCUT2D eigenvalue weighted by Gasteiger charge is -2.28. The average Bonchev–Trinajstić information content (AvgIpc) is 3.45. The van der Waals surface area contributed by atoms with E-state index in [9.17, 15) is 14.7 Å². The molecule has 5 rings (SSSR count). The number of benzene rings is 2. The molecular formula is C27H25N3O5S. The maximum absolute atomic E-state index is 12.8. The van der Waals surface area contributed by atoms with Crippen molar-refractivity contribution in [2.45, 2.75) is 6.92 Å². The van der Waals surface area contributed by atoms with Gasteiger partial charge in [-0.3, -0.25) is 9.69 Å². The van der Waals surface area contributed by atoms with Gasteiger partial charge in [-0.2, -0.15) is 0 Å². The molecule has 3 aromatic rings. The summed E-state index contributed by atoms with van der Waals surface area (Å²) in [5.41, 5.74) is 3.73. The molecule has 2 aliphatic heterocycles. The number of thioether (sulfide) groups is 1. The Hall–Kier alpha value is -3.82. The summed E-state index contributed by atoms with van der Waals surface area (Å²) < 4.78 is 11.4. The van der Waals surface area contributed by atoms with Crippen molar-refractivity contribution in [3.8, 4) is 11.3 Å². The molecule has 184 valence electrons. The quantitative estimate of drug-likeness (QED) is 0.488. The highest BCUT2D eigenvalue weighted by Crippen LogP contribution is 2.35. The van der Waals surface area contributed by atoms with Crippen molar-refractivity contribution in [2.24, 2.45) is 4.99 Å². The summed E-state index contributed by atoms with van der Waals surface area (Å²) >= 11 is 1.30. The maximum Gasteiger partial charge on any atom is 0.335 e. The van der Waals surface area contributed by atoms with Crippen LogP contribution in [-0.4, -0.2) is 60.4 Å². The molecule has 0 radical (unpaired) electrons. The van der Waals surface area contributed by atoms with E-state index in [4.69, 9.17) is 9.15 Å². The summed E-state index contributed by atoms with van der Waals surface area (Å²) in [6.45, 7) is 5.05. The molecule has 0 bridgehead atoms. The lowest BCUT2D eigenvalue weighted by atomic mass is 10.0. The van der Waals surface area contributed by atoms with Gasteiger partial charge in [0.15, 0.2) is 5.17 Å². The number of morpholine rings is 1. The number of rotatable bonds is 5. The zero-order chi connectivity index (χ0) is 25.2. The van der Waals surface area contributed by atoms with Crippen molar-refractivity contribution < 1.29 is 23.8 Å². The number of amides is 1. The number of amidine groups is 1. The number of carbonyl (C=O) groups is 2. The number of nitrogens with zero attached hydrogens (tertiary/aromatic N) is 3. The summed E-state index contributed by atoms with van der Waals surface area (Å²) in [4.78, 5) is 33.0. The Morgan fingerprint density at radius 1 is 1.08 bits per heavy atom. The first kappa shape index (κ1) is 23.9. The largest absolute Gasteiger partial charge is 0.478 e. The Morgan fingerprint density at radius 3 is 2.53 bits per heavy atom. The predicted molar refractivity (Wildman–Crippen MR) is 141 cm³/mol. The summed E-state index contributed by atoms with van der Waals surface area (Å²) in [6, 6.07) is 16.5. The van der Waals surface area contributed by atoms with Crippen molar-refractivity contribution in [3.05, 3.63) is 76.4 Å². The summed E-state index contributed by atoms with van der Waals surface area (Å²) in [6.07, 6.45) is 1.71. The van der Waals surface area contributed by atoms with Crippen LogP contribution in [0.15, 0.2) is 68.9 Å². The van der Waals surface area contributed by atoms with E-state index in [1.54, 1.807) is 37.4 Å². The SMILES string of the molecule is Cc1cc(C(=O)O)ccc1-c1ccc(/C=C2\SC(=Nc3ccc(N4CCOCC4)cc3)N(C)C2=O)o1. The fraction of sp³-hybridized carbons (Fsp3) is 0.222. The van der Waals surface area contributed by atoms with Crippen molar-refractivity contribution in [1.29, 1.82) is 0 Å². The van der Waals surface area contributed by atoms with Crippen LogP contribution < -0.4 is 4.90 Å². The van der Waals surface area contributed by atoms with E-state index < -0.39 is 5.97 Å². The number of carbonyl (C=O) groups excluding carboxylic acids is 1. The lowest BCUT2D eigenvalue weighted by molar-refractivity contribution is -0.121. The number of likely N-dealkylation sites (N-methyl/N-ethyl adjacent to an activating group) is 1. The highest BCUT2D eigenvalue weighted by atomic mass is 32.2. The number of ether oxygens (including phenoxy) is 1. The van der Waals surface area contributed by atoms with E-state index in [1.165, 1.54) is 16.7 Å². The van der Waals surface area contributed by atoms with Gasteiger partial charge < -0.3 is 19.2 Å². The minimum atomic E-state index is -0.971. The third-order valence-corrected chi connectivity index (χ3v) is 7.15. The first-order chi connectivity index (χ1) is 17.4. The van der Waals surface area contributed by atoms with Crippen molar-refractivity contribution in [1.82, 2.24) is 4.90 Å². The Morgan fingerprint density at radius 2 is 1.83 bits per heavy atom. The number of anilines is 1. The minimum absolute atomic E-state index is 0.149. The number of aromatic carboxylic acids is 1. The van der Waals surface area contributed by atoms with Crippen LogP contribution in [0.5, 0.6) is 0 Å². The van der Waals surface area contributed by atoms with E-state index in [1.807, 2.05) is 37.3 Å². The second-order valence-electron chi connectivity index (χ2n) is 8.52. The van der Waals surface area contributed by atoms with Crippen LogP contribution >= 0.6 is 11.8 Å². The van der Waals surface area contributed by atoms with E-state index in [0.717, 1.165) is 48.8 Å². The first-order valence-corrected chi connectivity index (χ1v) is 12.3. The maximum atomic E-state index is 12.8. The molecule has 9 heteroatoms. The van der Waals surface area contributed by atoms with E-state index in [2.05, 4.69) is 9.89 Å². The number of carboxylic acid groups (broad SMARTS) is 1. The monoisotopic (exact) mass is 503 g/mol. The molecule has 1 amide bonds. The first-order valence-electron chi connectivity index (χ1n) is 11.5. The number of hydrogen-bond donors (Lipinski definition) is 1. The highest BCUT2D eigenvalue weighted by Gasteiger charge is 2.30.